The number of hydrogen-bond acceptors (Lipinski definition) is 4. The summed E-state index contributed by atoms with van der Waals surface area (Å²) in [7, 11) is 0. The highest BCUT2D eigenvalue weighted by atomic mass is 35.5. The van der Waals surface area contributed by atoms with Crippen molar-refractivity contribution in [3.05, 3.63) is 39.6 Å². The van der Waals surface area contributed by atoms with Crippen LogP contribution in [0.25, 0.3) is 11.3 Å². The van der Waals surface area contributed by atoms with Gasteiger partial charge in [0.1, 0.15) is 11.5 Å². The van der Waals surface area contributed by atoms with Gasteiger partial charge < -0.3 is 14.6 Å². The molecule has 2 saturated carbocycles. The topological polar surface area (TPSA) is 47.3 Å². The average molecular weight is 393 g/mol. The summed E-state index contributed by atoms with van der Waals surface area (Å²) in [5.74, 6) is 2.95. The highest BCUT2D eigenvalue weighted by Gasteiger charge is 2.39. The fraction of sp³-hybridized carbons (Fsp3) is 0.550. The molecule has 5 rings (SSSR count). The van der Waals surface area contributed by atoms with E-state index < -0.39 is 0 Å². The number of aromatic nitrogens is 1. The Hall–Kier alpha value is -1.07. The van der Waals surface area contributed by atoms with Crippen LogP contribution in [-0.2, 0) is 11.3 Å². The van der Waals surface area contributed by atoms with Crippen molar-refractivity contribution in [1.29, 1.82) is 0 Å². The van der Waals surface area contributed by atoms with Crippen LogP contribution in [0.4, 0.5) is 0 Å². The van der Waals surface area contributed by atoms with Crippen LogP contribution in [0.2, 0.25) is 10.0 Å². The Bertz CT molecular complexity index is 786. The van der Waals surface area contributed by atoms with Gasteiger partial charge >= 0.3 is 0 Å². The molecule has 1 N–H and O–H groups in total. The Labute approximate surface area is 163 Å². The summed E-state index contributed by atoms with van der Waals surface area (Å²) in [6, 6.07) is 5.52. The molecule has 2 aliphatic carbocycles. The fourth-order valence-corrected chi connectivity index (χ4v) is 5.07. The molecule has 0 bridgehead atoms. The van der Waals surface area contributed by atoms with E-state index in [1.54, 1.807) is 0 Å². The molecule has 4 nitrogen and oxygen atoms in total. The molecule has 3 fully saturated rings. The third-order valence-corrected chi connectivity index (χ3v) is 6.67. The second-order valence-corrected chi connectivity index (χ2v) is 8.64. The van der Waals surface area contributed by atoms with Gasteiger partial charge in [0.15, 0.2) is 0 Å². The lowest BCUT2D eigenvalue weighted by Crippen LogP contribution is -2.16. The van der Waals surface area contributed by atoms with Crippen LogP contribution in [0.5, 0.6) is 0 Å². The molecule has 0 spiro atoms. The molecule has 3 aliphatic rings. The Morgan fingerprint density at radius 1 is 1.12 bits per heavy atom. The summed E-state index contributed by atoms with van der Waals surface area (Å²) in [5.41, 5.74) is 2.51. The van der Waals surface area contributed by atoms with Crippen molar-refractivity contribution in [2.75, 3.05) is 13.1 Å². The number of nitrogens with one attached hydrogen (secondary N) is 1. The monoisotopic (exact) mass is 392 g/mol. The molecule has 1 saturated heterocycles. The van der Waals surface area contributed by atoms with Crippen molar-refractivity contribution >= 4 is 23.2 Å². The van der Waals surface area contributed by atoms with Gasteiger partial charge in [-0.25, -0.2) is 0 Å². The van der Waals surface area contributed by atoms with E-state index in [0.29, 0.717) is 28.7 Å². The SMILES string of the molecule is Clc1cccc(Cl)c1-c1noc(C2CC2)c1COC1CC2CNCC2C1. The van der Waals surface area contributed by atoms with Crippen molar-refractivity contribution in [3.63, 3.8) is 0 Å². The molecular weight excluding hydrogens is 371 g/mol. The van der Waals surface area contributed by atoms with Crippen LogP contribution >= 0.6 is 23.2 Å². The first-order valence-corrected chi connectivity index (χ1v) is 10.2. The van der Waals surface area contributed by atoms with Gasteiger partial charge in [-0.3, -0.25) is 0 Å². The largest absolute Gasteiger partial charge is 0.373 e. The highest BCUT2D eigenvalue weighted by molar-refractivity contribution is 6.39. The van der Waals surface area contributed by atoms with Crippen molar-refractivity contribution in [3.8, 4) is 11.3 Å². The maximum absolute atomic E-state index is 6.42. The predicted molar refractivity (Wildman–Crippen MR) is 102 cm³/mol. The first-order chi connectivity index (χ1) is 12.7. The Kier molecular flexibility index (Phi) is 4.48. The number of ether oxygens (including phenoxy) is 1. The number of rotatable bonds is 5. The van der Waals surface area contributed by atoms with Crippen LogP contribution in [-0.4, -0.2) is 24.4 Å². The molecule has 2 unspecified atom stereocenters. The van der Waals surface area contributed by atoms with Crippen LogP contribution in [0.15, 0.2) is 22.7 Å². The van der Waals surface area contributed by atoms with Crippen molar-refractivity contribution in [2.24, 2.45) is 11.8 Å². The normalized spacial score (nSPS) is 27.8. The maximum atomic E-state index is 6.42. The second-order valence-electron chi connectivity index (χ2n) is 7.83. The average Bonchev–Trinajstić information content (AvgIpc) is 3.04. The second kappa shape index (κ2) is 6.83. The summed E-state index contributed by atoms with van der Waals surface area (Å²) >= 11 is 12.8. The summed E-state index contributed by atoms with van der Waals surface area (Å²) in [4.78, 5) is 0. The minimum atomic E-state index is 0.323. The lowest BCUT2D eigenvalue weighted by molar-refractivity contribution is 0.0398. The zero-order valence-corrected chi connectivity index (χ0v) is 16.0. The van der Waals surface area contributed by atoms with E-state index in [1.165, 1.54) is 0 Å². The molecule has 0 amide bonds. The Morgan fingerprint density at radius 3 is 2.46 bits per heavy atom. The molecule has 2 aromatic rings. The number of hydrogen-bond donors (Lipinski definition) is 1. The van der Waals surface area contributed by atoms with E-state index in [9.17, 15) is 0 Å². The number of halogens is 2. The zero-order valence-electron chi connectivity index (χ0n) is 14.5. The summed E-state index contributed by atoms with van der Waals surface area (Å²) < 4.78 is 12.0. The molecule has 0 radical (unpaired) electrons. The van der Waals surface area contributed by atoms with Gasteiger partial charge in [-0.15, -0.1) is 0 Å². The standard InChI is InChI=1S/C20H22Cl2N2O2/c21-16-2-1-3-17(22)18(16)19-15(20(26-24-19)11-4-5-11)10-25-14-6-12-8-23-9-13(12)7-14/h1-3,11-14,23H,4-10H2. The lowest BCUT2D eigenvalue weighted by atomic mass is 10.0. The van der Waals surface area contributed by atoms with Crippen LogP contribution in [0.3, 0.4) is 0 Å². The van der Waals surface area contributed by atoms with Crippen molar-refractivity contribution in [1.82, 2.24) is 10.5 Å². The number of nitrogens with zero attached hydrogens (tertiary/aromatic N) is 1. The minimum absolute atomic E-state index is 0.323. The Balaban J connectivity index is 1.41. The van der Waals surface area contributed by atoms with E-state index >= 15 is 0 Å². The zero-order chi connectivity index (χ0) is 17.7. The number of benzene rings is 1. The third kappa shape index (κ3) is 3.07. The first kappa shape index (κ1) is 17.1. The molecule has 2 heterocycles. The smallest absolute Gasteiger partial charge is 0.145 e. The van der Waals surface area contributed by atoms with Crippen LogP contribution in [0, 0.1) is 11.8 Å². The lowest BCUT2D eigenvalue weighted by Gasteiger charge is -2.14. The Morgan fingerprint density at radius 2 is 1.81 bits per heavy atom. The molecular formula is C20H22Cl2N2O2. The first-order valence-electron chi connectivity index (χ1n) is 9.46. The van der Waals surface area contributed by atoms with Crippen LogP contribution in [0.1, 0.15) is 42.9 Å². The number of fused-ring (bicyclic) bond motifs is 1. The van der Waals surface area contributed by atoms with Gasteiger partial charge in [-0.05, 0) is 62.7 Å². The van der Waals surface area contributed by atoms with Gasteiger partial charge in [0, 0.05) is 17.0 Å². The van der Waals surface area contributed by atoms with Gasteiger partial charge in [0.25, 0.3) is 0 Å². The van der Waals surface area contributed by atoms with E-state index in [2.05, 4.69) is 10.5 Å². The summed E-state index contributed by atoms with van der Waals surface area (Å²) in [6.07, 6.45) is 4.91. The fourth-order valence-electron chi connectivity index (χ4n) is 4.50. The van der Waals surface area contributed by atoms with Gasteiger partial charge in [0.2, 0.25) is 0 Å². The maximum Gasteiger partial charge on any atom is 0.145 e. The molecule has 1 aromatic heterocycles. The van der Waals surface area contributed by atoms with Crippen LogP contribution < -0.4 is 5.32 Å². The highest BCUT2D eigenvalue weighted by Crippen LogP contribution is 2.46. The van der Waals surface area contributed by atoms with E-state index in [-0.39, 0.29) is 0 Å². The quantitative estimate of drug-likeness (QED) is 0.773. The molecule has 138 valence electrons. The van der Waals surface area contributed by atoms with E-state index in [1.807, 2.05) is 18.2 Å². The minimum Gasteiger partial charge on any atom is -0.373 e. The summed E-state index contributed by atoms with van der Waals surface area (Å²) in [5, 5.41) is 9.00. The predicted octanol–water partition coefficient (Wildman–Crippen LogP) is 5.04. The van der Waals surface area contributed by atoms with E-state index in [0.717, 1.165) is 73.2 Å². The third-order valence-electron chi connectivity index (χ3n) is 6.04. The molecule has 26 heavy (non-hydrogen) atoms. The molecule has 6 heteroatoms. The van der Waals surface area contributed by atoms with Crippen molar-refractivity contribution in [2.45, 2.75) is 44.3 Å². The molecule has 1 aromatic carbocycles. The van der Waals surface area contributed by atoms with Gasteiger partial charge in [-0.1, -0.05) is 34.4 Å². The van der Waals surface area contributed by atoms with E-state index in [4.69, 9.17) is 32.5 Å². The molecule has 2 atom stereocenters. The van der Waals surface area contributed by atoms with Gasteiger partial charge in [-0.2, -0.15) is 0 Å². The summed E-state index contributed by atoms with van der Waals surface area (Å²) in [6.45, 7) is 2.78. The van der Waals surface area contributed by atoms with Crippen molar-refractivity contribution < 1.29 is 9.26 Å². The molecule has 1 aliphatic heterocycles. The van der Waals surface area contributed by atoms with Gasteiger partial charge in [0.05, 0.1) is 22.8 Å².